The van der Waals surface area contributed by atoms with Crippen LogP contribution in [0.3, 0.4) is 0 Å². The monoisotopic (exact) mass is 331 g/mol. The molecular weight excluding hydrogens is 310 g/mol. The number of carbonyl (C=O) groups is 1. The van der Waals surface area contributed by atoms with E-state index >= 15 is 0 Å². The molecule has 2 heterocycles. The van der Waals surface area contributed by atoms with Crippen molar-refractivity contribution < 1.29 is 9.53 Å². The number of aryl methyl sites for hydroxylation is 2. The maximum Gasteiger partial charge on any atom is 0.255 e. The van der Waals surface area contributed by atoms with Crippen molar-refractivity contribution in [3.8, 4) is 11.3 Å². The normalized spacial score (nSPS) is 20.7. The average molecular weight is 331 g/mol. The highest BCUT2D eigenvalue weighted by molar-refractivity contribution is 7.14. The van der Waals surface area contributed by atoms with Gasteiger partial charge in [0.1, 0.15) is 6.10 Å². The summed E-state index contributed by atoms with van der Waals surface area (Å²) in [5.41, 5.74) is 9.99. The molecule has 122 valence electrons. The first kappa shape index (κ1) is 16.1. The number of rotatable bonds is 4. The molecule has 3 rings (SSSR count). The highest BCUT2D eigenvalue weighted by Gasteiger charge is 2.30. The summed E-state index contributed by atoms with van der Waals surface area (Å²) < 4.78 is 5.60. The number of carbonyl (C=O) groups excluding carboxylic acids is 1. The standard InChI is InChI=1S/C17H21N3O2S/c1-10-3-4-12(7-11(10)2)14-9-23-17(19-14)20-16(21)15-6-5-13(8-18)22-15/h3-4,7,9,13,15H,5-6,8,18H2,1-2H3,(H,19,20,21)/t13-,15+/m1/s1. The van der Waals surface area contributed by atoms with Gasteiger partial charge in [0, 0.05) is 17.5 Å². The number of hydrogen-bond acceptors (Lipinski definition) is 5. The van der Waals surface area contributed by atoms with E-state index < -0.39 is 6.10 Å². The van der Waals surface area contributed by atoms with Crippen LogP contribution in [-0.4, -0.2) is 29.6 Å². The number of thiazole rings is 1. The van der Waals surface area contributed by atoms with Crippen molar-refractivity contribution in [2.45, 2.75) is 38.9 Å². The summed E-state index contributed by atoms with van der Waals surface area (Å²) >= 11 is 1.42. The molecule has 3 N–H and O–H groups in total. The van der Waals surface area contributed by atoms with Crippen LogP contribution >= 0.6 is 11.3 Å². The highest BCUT2D eigenvalue weighted by atomic mass is 32.1. The predicted octanol–water partition coefficient (Wildman–Crippen LogP) is 2.87. The van der Waals surface area contributed by atoms with Crippen LogP contribution < -0.4 is 11.1 Å². The first-order chi connectivity index (χ1) is 11.1. The number of aromatic nitrogens is 1. The molecule has 23 heavy (non-hydrogen) atoms. The first-order valence-corrected chi connectivity index (χ1v) is 8.64. The van der Waals surface area contributed by atoms with E-state index in [4.69, 9.17) is 10.5 Å². The summed E-state index contributed by atoms with van der Waals surface area (Å²) in [6.45, 7) is 4.62. The van der Waals surface area contributed by atoms with Gasteiger partial charge in [0.2, 0.25) is 0 Å². The van der Waals surface area contributed by atoms with Crippen LogP contribution in [0.2, 0.25) is 0 Å². The van der Waals surface area contributed by atoms with Gasteiger partial charge in [-0.1, -0.05) is 12.1 Å². The summed E-state index contributed by atoms with van der Waals surface area (Å²) in [6, 6.07) is 6.25. The van der Waals surface area contributed by atoms with Crippen LogP contribution in [0.4, 0.5) is 5.13 Å². The Morgan fingerprint density at radius 3 is 2.91 bits per heavy atom. The van der Waals surface area contributed by atoms with E-state index in [1.54, 1.807) is 0 Å². The van der Waals surface area contributed by atoms with Gasteiger partial charge < -0.3 is 10.5 Å². The lowest BCUT2D eigenvalue weighted by Gasteiger charge is -2.11. The quantitative estimate of drug-likeness (QED) is 0.903. The zero-order valence-electron chi connectivity index (χ0n) is 13.3. The molecule has 1 fully saturated rings. The number of benzene rings is 1. The molecule has 1 saturated heterocycles. The molecular formula is C17H21N3O2S. The molecule has 1 aromatic carbocycles. The Hall–Kier alpha value is -1.76. The minimum atomic E-state index is -0.419. The Balaban J connectivity index is 1.67. The van der Waals surface area contributed by atoms with Crippen LogP contribution in [-0.2, 0) is 9.53 Å². The molecule has 0 unspecified atom stereocenters. The third kappa shape index (κ3) is 3.60. The molecule has 0 bridgehead atoms. The molecule has 1 aliphatic heterocycles. The van der Waals surface area contributed by atoms with Gasteiger partial charge >= 0.3 is 0 Å². The third-order valence-corrected chi connectivity index (χ3v) is 4.96. The zero-order chi connectivity index (χ0) is 16.4. The van der Waals surface area contributed by atoms with E-state index in [0.717, 1.165) is 17.7 Å². The van der Waals surface area contributed by atoms with E-state index in [2.05, 4.69) is 42.3 Å². The van der Waals surface area contributed by atoms with Crippen LogP contribution in [0, 0.1) is 13.8 Å². The van der Waals surface area contributed by atoms with Crippen molar-refractivity contribution >= 4 is 22.4 Å². The Labute approximate surface area is 139 Å². The van der Waals surface area contributed by atoms with Crippen molar-refractivity contribution in [1.82, 2.24) is 4.98 Å². The Bertz CT molecular complexity index is 714. The van der Waals surface area contributed by atoms with E-state index in [0.29, 0.717) is 18.1 Å². The molecule has 0 spiro atoms. The zero-order valence-corrected chi connectivity index (χ0v) is 14.2. The van der Waals surface area contributed by atoms with E-state index in [-0.39, 0.29) is 12.0 Å². The molecule has 0 radical (unpaired) electrons. The van der Waals surface area contributed by atoms with Crippen LogP contribution in [0.5, 0.6) is 0 Å². The van der Waals surface area contributed by atoms with E-state index in [1.165, 1.54) is 22.5 Å². The fraction of sp³-hybridized carbons (Fsp3) is 0.412. The van der Waals surface area contributed by atoms with E-state index in [1.807, 2.05) is 5.38 Å². The second kappa shape index (κ2) is 6.78. The van der Waals surface area contributed by atoms with Gasteiger partial charge in [-0.3, -0.25) is 10.1 Å². The van der Waals surface area contributed by atoms with E-state index in [9.17, 15) is 4.79 Å². The molecule has 5 nitrogen and oxygen atoms in total. The Kier molecular flexibility index (Phi) is 4.75. The van der Waals surface area contributed by atoms with Gasteiger partial charge in [-0.2, -0.15) is 0 Å². The van der Waals surface area contributed by atoms with Crippen molar-refractivity contribution in [3.05, 3.63) is 34.7 Å². The molecule has 1 amide bonds. The van der Waals surface area contributed by atoms with Gasteiger partial charge in [-0.15, -0.1) is 11.3 Å². The SMILES string of the molecule is Cc1ccc(-c2csc(NC(=O)[C@@H]3CC[C@H](CN)O3)n2)cc1C. The first-order valence-electron chi connectivity index (χ1n) is 7.76. The lowest BCUT2D eigenvalue weighted by atomic mass is 10.1. The van der Waals surface area contributed by atoms with Crippen LogP contribution in [0.1, 0.15) is 24.0 Å². The lowest BCUT2D eigenvalue weighted by molar-refractivity contribution is -0.126. The highest BCUT2D eigenvalue weighted by Crippen LogP contribution is 2.27. The minimum absolute atomic E-state index is 0.00635. The number of anilines is 1. The molecule has 2 aromatic rings. The maximum atomic E-state index is 12.2. The summed E-state index contributed by atoms with van der Waals surface area (Å²) in [7, 11) is 0. The predicted molar refractivity (Wildman–Crippen MR) is 92.6 cm³/mol. The number of nitrogens with one attached hydrogen (secondary N) is 1. The maximum absolute atomic E-state index is 12.2. The Morgan fingerprint density at radius 2 is 2.22 bits per heavy atom. The number of ether oxygens (including phenoxy) is 1. The topological polar surface area (TPSA) is 77.2 Å². The van der Waals surface area contributed by atoms with Crippen molar-refractivity contribution in [3.63, 3.8) is 0 Å². The number of nitrogens with two attached hydrogens (primary N) is 1. The molecule has 1 aromatic heterocycles. The van der Waals surface area contributed by atoms with Gasteiger partial charge in [0.25, 0.3) is 5.91 Å². The number of nitrogens with zero attached hydrogens (tertiary/aromatic N) is 1. The molecule has 6 heteroatoms. The molecule has 2 atom stereocenters. The lowest BCUT2D eigenvalue weighted by Crippen LogP contribution is -2.29. The largest absolute Gasteiger partial charge is 0.364 e. The van der Waals surface area contributed by atoms with Crippen LogP contribution in [0.25, 0.3) is 11.3 Å². The van der Waals surface area contributed by atoms with Gasteiger partial charge in [-0.25, -0.2) is 4.98 Å². The van der Waals surface area contributed by atoms with Crippen molar-refractivity contribution in [1.29, 1.82) is 0 Å². The molecule has 0 aliphatic carbocycles. The number of amides is 1. The third-order valence-electron chi connectivity index (χ3n) is 4.20. The van der Waals surface area contributed by atoms with Gasteiger partial charge in [0.15, 0.2) is 5.13 Å². The Morgan fingerprint density at radius 1 is 1.39 bits per heavy atom. The summed E-state index contributed by atoms with van der Waals surface area (Å²) in [5, 5.41) is 5.40. The fourth-order valence-corrected chi connectivity index (χ4v) is 3.34. The second-order valence-corrected chi connectivity index (χ2v) is 6.74. The summed E-state index contributed by atoms with van der Waals surface area (Å²) in [4.78, 5) is 16.7. The fourth-order valence-electron chi connectivity index (χ4n) is 2.62. The van der Waals surface area contributed by atoms with Gasteiger partial charge in [-0.05, 0) is 43.9 Å². The smallest absolute Gasteiger partial charge is 0.255 e. The minimum Gasteiger partial charge on any atom is -0.364 e. The molecule has 1 aliphatic rings. The molecule has 0 saturated carbocycles. The van der Waals surface area contributed by atoms with Gasteiger partial charge in [0.05, 0.1) is 11.8 Å². The summed E-state index contributed by atoms with van der Waals surface area (Å²) in [6.07, 6.45) is 1.12. The van der Waals surface area contributed by atoms with Crippen molar-refractivity contribution in [2.75, 3.05) is 11.9 Å². The average Bonchev–Trinajstić information content (AvgIpc) is 3.19. The number of hydrogen-bond donors (Lipinski definition) is 2. The van der Waals surface area contributed by atoms with Crippen LogP contribution in [0.15, 0.2) is 23.6 Å². The van der Waals surface area contributed by atoms with Crippen molar-refractivity contribution in [2.24, 2.45) is 5.73 Å². The second-order valence-electron chi connectivity index (χ2n) is 5.89. The summed E-state index contributed by atoms with van der Waals surface area (Å²) in [5.74, 6) is -0.137.